The monoisotopic (exact) mass is 243 g/mol. The summed E-state index contributed by atoms with van der Waals surface area (Å²) in [5, 5.41) is 4.93. The summed E-state index contributed by atoms with van der Waals surface area (Å²) in [6.07, 6.45) is 0. The van der Waals surface area contributed by atoms with Crippen molar-refractivity contribution in [2.75, 3.05) is 6.61 Å². The highest BCUT2D eigenvalue weighted by Gasteiger charge is 2.15. The van der Waals surface area contributed by atoms with Gasteiger partial charge in [-0.1, -0.05) is 18.2 Å². The molecule has 0 aliphatic carbocycles. The number of hydrogen-bond donors (Lipinski definition) is 1. The van der Waals surface area contributed by atoms with Crippen LogP contribution in [-0.4, -0.2) is 21.0 Å². The molecule has 0 amide bonds. The average molecular weight is 243 g/mol. The molecule has 6 heteroatoms. The van der Waals surface area contributed by atoms with Crippen LogP contribution in [0.1, 0.15) is 22.8 Å². The Kier molecular flexibility index (Phi) is 4.03. The molecule has 0 spiro atoms. The van der Waals surface area contributed by atoms with E-state index in [0.717, 1.165) is 0 Å². The van der Waals surface area contributed by atoms with Crippen LogP contribution in [0.25, 0.3) is 0 Å². The van der Waals surface area contributed by atoms with Gasteiger partial charge in [-0.3, -0.25) is 0 Å². The van der Waals surface area contributed by atoms with Crippen LogP contribution in [0.3, 0.4) is 0 Å². The lowest BCUT2D eigenvalue weighted by atomic mass is 10.1. The van der Waals surface area contributed by atoms with Gasteiger partial charge < -0.3 is 4.74 Å². The van der Waals surface area contributed by atoms with E-state index in [1.807, 2.05) is 0 Å². The number of benzene rings is 1. The predicted octanol–water partition coefficient (Wildman–Crippen LogP) is 0.652. The molecule has 0 fully saturated rings. The van der Waals surface area contributed by atoms with Crippen molar-refractivity contribution < 1.29 is 17.9 Å². The molecule has 0 heterocycles. The van der Waals surface area contributed by atoms with Crippen molar-refractivity contribution in [3.8, 4) is 0 Å². The van der Waals surface area contributed by atoms with Crippen molar-refractivity contribution in [1.29, 1.82) is 0 Å². The smallest absolute Gasteiger partial charge is 0.338 e. The van der Waals surface area contributed by atoms with Gasteiger partial charge in [0.05, 0.1) is 17.9 Å². The summed E-state index contributed by atoms with van der Waals surface area (Å²) in [5.74, 6) is -0.913. The van der Waals surface area contributed by atoms with Crippen LogP contribution in [0.2, 0.25) is 0 Å². The van der Waals surface area contributed by atoms with Gasteiger partial charge in [-0.15, -0.1) is 0 Å². The third-order valence-electron chi connectivity index (χ3n) is 1.87. The highest BCUT2D eigenvalue weighted by Crippen LogP contribution is 2.12. The van der Waals surface area contributed by atoms with E-state index < -0.39 is 16.0 Å². The number of rotatable bonds is 4. The number of nitrogens with two attached hydrogens (primary N) is 1. The first kappa shape index (κ1) is 12.7. The zero-order valence-electron chi connectivity index (χ0n) is 8.84. The number of primary sulfonamides is 1. The first-order chi connectivity index (χ1) is 7.44. The van der Waals surface area contributed by atoms with Crippen LogP contribution in [0.4, 0.5) is 0 Å². The summed E-state index contributed by atoms with van der Waals surface area (Å²) in [5.41, 5.74) is 0.585. The van der Waals surface area contributed by atoms with Crippen LogP contribution in [0, 0.1) is 0 Å². The first-order valence-corrected chi connectivity index (χ1v) is 6.41. The molecule has 1 aromatic rings. The lowest BCUT2D eigenvalue weighted by molar-refractivity contribution is 0.0525. The summed E-state index contributed by atoms with van der Waals surface area (Å²) in [4.78, 5) is 11.5. The van der Waals surface area contributed by atoms with Crippen LogP contribution >= 0.6 is 0 Å². The molecule has 2 N–H and O–H groups in total. The zero-order chi connectivity index (χ0) is 12.2. The standard InChI is InChI=1S/C10H13NO4S/c1-2-15-10(12)9-6-4-3-5-8(9)7-16(11,13)14/h3-6H,2,7H2,1H3,(H2,11,13,14). The molecule has 1 rings (SSSR count). The van der Waals surface area contributed by atoms with Gasteiger partial charge in [0.1, 0.15) is 0 Å². The van der Waals surface area contributed by atoms with Gasteiger partial charge in [0.15, 0.2) is 0 Å². The molecule has 0 aliphatic heterocycles. The van der Waals surface area contributed by atoms with Crippen LogP contribution in [0.5, 0.6) is 0 Å². The Morgan fingerprint density at radius 3 is 2.56 bits per heavy atom. The Labute approximate surface area is 94.3 Å². The van der Waals surface area contributed by atoms with Gasteiger partial charge in [-0.25, -0.2) is 18.4 Å². The molecule has 0 saturated heterocycles. The van der Waals surface area contributed by atoms with E-state index in [0.29, 0.717) is 5.56 Å². The van der Waals surface area contributed by atoms with Crippen molar-refractivity contribution in [2.45, 2.75) is 12.7 Å². The minimum absolute atomic E-state index is 0.235. The maximum Gasteiger partial charge on any atom is 0.338 e. The van der Waals surface area contributed by atoms with E-state index in [9.17, 15) is 13.2 Å². The first-order valence-electron chi connectivity index (χ1n) is 4.69. The highest BCUT2D eigenvalue weighted by molar-refractivity contribution is 7.88. The van der Waals surface area contributed by atoms with E-state index >= 15 is 0 Å². The molecule has 0 saturated carbocycles. The van der Waals surface area contributed by atoms with E-state index in [2.05, 4.69) is 0 Å². The van der Waals surface area contributed by atoms with E-state index in [1.54, 1.807) is 19.1 Å². The second-order valence-electron chi connectivity index (χ2n) is 3.18. The van der Waals surface area contributed by atoms with Crippen molar-refractivity contribution in [3.63, 3.8) is 0 Å². The molecule has 16 heavy (non-hydrogen) atoms. The number of carbonyl (C=O) groups is 1. The summed E-state index contributed by atoms with van der Waals surface area (Å²) in [6, 6.07) is 6.33. The van der Waals surface area contributed by atoms with E-state index in [1.165, 1.54) is 12.1 Å². The van der Waals surface area contributed by atoms with Crippen LogP contribution < -0.4 is 5.14 Å². The summed E-state index contributed by atoms with van der Waals surface area (Å²) >= 11 is 0. The Morgan fingerprint density at radius 1 is 1.38 bits per heavy atom. The molecular weight excluding hydrogens is 230 g/mol. The second-order valence-corrected chi connectivity index (χ2v) is 4.80. The minimum Gasteiger partial charge on any atom is -0.462 e. The summed E-state index contributed by atoms with van der Waals surface area (Å²) in [6.45, 7) is 1.92. The van der Waals surface area contributed by atoms with Gasteiger partial charge >= 0.3 is 5.97 Å². The zero-order valence-corrected chi connectivity index (χ0v) is 9.66. The van der Waals surface area contributed by atoms with Gasteiger partial charge in [-0.05, 0) is 18.6 Å². The lowest BCUT2D eigenvalue weighted by Gasteiger charge is -2.07. The SMILES string of the molecule is CCOC(=O)c1ccccc1CS(N)(=O)=O. The van der Waals surface area contributed by atoms with Crippen molar-refractivity contribution >= 4 is 16.0 Å². The molecule has 0 radical (unpaired) electrons. The Bertz CT molecular complexity index is 481. The van der Waals surface area contributed by atoms with Crippen molar-refractivity contribution in [1.82, 2.24) is 0 Å². The number of hydrogen-bond acceptors (Lipinski definition) is 4. The maximum absolute atomic E-state index is 11.5. The maximum atomic E-state index is 11.5. The molecule has 88 valence electrons. The molecule has 0 unspecified atom stereocenters. The second kappa shape index (κ2) is 5.09. The normalized spacial score (nSPS) is 11.1. The van der Waals surface area contributed by atoms with Gasteiger partial charge in [0.2, 0.25) is 10.0 Å². The lowest BCUT2D eigenvalue weighted by Crippen LogP contribution is -2.17. The van der Waals surface area contributed by atoms with Crippen LogP contribution in [-0.2, 0) is 20.5 Å². The number of sulfonamides is 1. The predicted molar refractivity (Wildman–Crippen MR) is 59.2 cm³/mol. The molecule has 0 aromatic heterocycles. The Morgan fingerprint density at radius 2 is 2.00 bits per heavy atom. The number of ether oxygens (including phenoxy) is 1. The molecule has 0 atom stereocenters. The Hall–Kier alpha value is -1.40. The van der Waals surface area contributed by atoms with Crippen molar-refractivity contribution in [3.05, 3.63) is 35.4 Å². The topological polar surface area (TPSA) is 86.5 Å². The fourth-order valence-corrected chi connectivity index (χ4v) is 1.96. The minimum atomic E-state index is -3.66. The molecule has 0 bridgehead atoms. The molecule has 5 nitrogen and oxygen atoms in total. The van der Waals surface area contributed by atoms with E-state index in [4.69, 9.17) is 9.88 Å². The summed E-state index contributed by atoms with van der Waals surface area (Å²) in [7, 11) is -3.66. The molecular formula is C10H13NO4S. The van der Waals surface area contributed by atoms with Gasteiger partial charge in [0.25, 0.3) is 0 Å². The fraction of sp³-hybridized carbons (Fsp3) is 0.300. The largest absolute Gasteiger partial charge is 0.462 e. The van der Waals surface area contributed by atoms with Gasteiger partial charge in [0, 0.05) is 0 Å². The van der Waals surface area contributed by atoms with Crippen LogP contribution in [0.15, 0.2) is 24.3 Å². The average Bonchev–Trinajstić information content (AvgIpc) is 2.16. The number of esters is 1. The third-order valence-corrected chi connectivity index (χ3v) is 2.58. The van der Waals surface area contributed by atoms with Gasteiger partial charge in [-0.2, -0.15) is 0 Å². The van der Waals surface area contributed by atoms with E-state index in [-0.39, 0.29) is 17.9 Å². The fourth-order valence-electron chi connectivity index (χ4n) is 1.27. The third kappa shape index (κ3) is 3.63. The molecule has 1 aromatic carbocycles. The Balaban J connectivity index is 3.05. The molecule has 0 aliphatic rings. The van der Waals surface area contributed by atoms with Crippen molar-refractivity contribution in [2.24, 2.45) is 5.14 Å². The number of carbonyl (C=O) groups excluding carboxylic acids is 1. The summed E-state index contributed by atoms with van der Waals surface area (Å²) < 4.78 is 26.7. The quantitative estimate of drug-likeness (QED) is 0.787. The highest BCUT2D eigenvalue weighted by atomic mass is 32.2.